The van der Waals surface area contributed by atoms with Gasteiger partial charge in [0.2, 0.25) is 0 Å². The Kier molecular flexibility index (Phi) is 2.67. The Morgan fingerprint density at radius 2 is 2.00 bits per heavy atom. The maximum atomic E-state index is 3.64. The first-order valence-electron chi connectivity index (χ1n) is 5.17. The van der Waals surface area contributed by atoms with Gasteiger partial charge in [-0.3, -0.25) is 0 Å². The molecule has 1 aliphatic heterocycles. The molecule has 0 amide bonds. The quantitative estimate of drug-likeness (QED) is 0.853. The SMILES string of the molecule is CC(C)C1(c2ccccc2Br)CCN1. The van der Waals surface area contributed by atoms with E-state index in [1.807, 2.05) is 0 Å². The van der Waals surface area contributed by atoms with Gasteiger partial charge < -0.3 is 5.32 Å². The van der Waals surface area contributed by atoms with Crippen molar-refractivity contribution in [3.63, 3.8) is 0 Å². The monoisotopic (exact) mass is 253 g/mol. The number of hydrogen-bond donors (Lipinski definition) is 1. The lowest BCUT2D eigenvalue weighted by Gasteiger charge is -2.47. The summed E-state index contributed by atoms with van der Waals surface area (Å²) in [5, 5.41) is 3.59. The summed E-state index contributed by atoms with van der Waals surface area (Å²) in [7, 11) is 0. The van der Waals surface area contributed by atoms with Crippen LogP contribution in [0.5, 0.6) is 0 Å². The number of benzene rings is 1. The molecule has 0 saturated carbocycles. The Hall–Kier alpha value is -0.340. The van der Waals surface area contributed by atoms with Crippen LogP contribution in [0.15, 0.2) is 28.7 Å². The Balaban J connectivity index is 2.42. The van der Waals surface area contributed by atoms with Gasteiger partial charge in [-0.05, 0) is 30.5 Å². The van der Waals surface area contributed by atoms with Gasteiger partial charge in [0, 0.05) is 10.0 Å². The van der Waals surface area contributed by atoms with Crippen LogP contribution in [0, 0.1) is 5.92 Å². The lowest BCUT2D eigenvalue weighted by Crippen LogP contribution is -2.57. The summed E-state index contributed by atoms with van der Waals surface area (Å²) in [4.78, 5) is 0. The van der Waals surface area contributed by atoms with Crippen LogP contribution in [0.1, 0.15) is 25.8 Å². The van der Waals surface area contributed by atoms with E-state index in [-0.39, 0.29) is 5.54 Å². The molecule has 1 unspecified atom stereocenters. The fraction of sp³-hybridized carbons (Fsp3) is 0.500. The van der Waals surface area contributed by atoms with Gasteiger partial charge in [0.25, 0.3) is 0 Å². The van der Waals surface area contributed by atoms with Crippen LogP contribution in [-0.2, 0) is 5.54 Å². The van der Waals surface area contributed by atoms with Gasteiger partial charge >= 0.3 is 0 Å². The minimum atomic E-state index is 0.208. The van der Waals surface area contributed by atoms with Crippen molar-refractivity contribution < 1.29 is 0 Å². The van der Waals surface area contributed by atoms with Crippen LogP contribution in [0.3, 0.4) is 0 Å². The molecule has 1 aromatic rings. The molecule has 1 fully saturated rings. The minimum absolute atomic E-state index is 0.208. The number of rotatable bonds is 2. The Morgan fingerprint density at radius 1 is 1.36 bits per heavy atom. The predicted octanol–water partition coefficient (Wildman–Crippen LogP) is 3.29. The van der Waals surface area contributed by atoms with E-state index >= 15 is 0 Å². The molecule has 2 rings (SSSR count). The van der Waals surface area contributed by atoms with E-state index in [9.17, 15) is 0 Å². The minimum Gasteiger partial charge on any atom is -0.307 e. The molecule has 14 heavy (non-hydrogen) atoms. The molecule has 0 aromatic heterocycles. The second kappa shape index (κ2) is 3.67. The summed E-state index contributed by atoms with van der Waals surface area (Å²) < 4.78 is 1.22. The van der Waals surface area contributed by atoms with Crippen LogP contribution in [0.4, 0.5) is 0 Å². The Bertz CT molecular complexity index is 329. The van der Waals surface area contributed by atoms with Gasteiger partial charge in [-0.25, -0.2) is 0 Å². The molecule has 1 nitrogen and oxygen atoms in total. The first-order valence-corrected chi connectivity index (χ1v) is 5.96. The average molecular weight is 254 g/mol. The number of nitrogens with one attached hydrogen (secondary N) is 1. The topological polar surface area (TPSA) is 12.0 Å². The molecular weight excluding hydrogens is 238 g/mol. The van der Waals surface area contributed by atoms with Crippen LogP contribution in [0.25, 0.3) is 0 Å². The van der Waals surface area contributed by atoms with Crippen LogP contribution < -0.4 is 5.32 Å². The first-order chi connectivity index (χ1) is 6.67. The standard InChI is InChI=1S/C12H16BrN/c1-9(2)12(7-8-14-12)10-5-3-4-6-11(10)13/h3-6,9,14H,7-8H2,1-2H3. The van der Waals surface area contributed by atoms with Crippen LogP contribution in [-0.4, -0.2) is 6.54 Å². The van der Waals surface area contributed by atoms with Gasteiger partial charge in [0.05, 0.1) is 0 Å². The summed E-state index contributed by atoms with van der Waals surface area (Å²) in [6, 6.07) is 8.53. The van der Waals surface area contributed by atoms with E-state index in [4.69, 9.17) is 0 Å². The summed E-state index contributed by atoms with van der Waals surface area (Å²) >= 11 is 3.64. The average Bonchev–Trinajstić information content (AvgIpc) is 2.05. The Labute approximate surface area is 94.0 Å². The van der Waals surface area contributed by atoms with Crippen molar-refractivity contribution in [2.24, 2.45) is 5.92 Å². The third-order valence-corrected chi connectivity index (χ3v) is 3.99. The van der Waals surface area contributed by atoms with E-state index in [2.05, 4.69) is 59.4 Å². The van der Waals surface area contributed by atoms with Crippen molar-refractivity contribution in [2.75, 3.05) is 6.54 Å². The van der Waals surface area contributed by atoms with Gasteiger partial charge in [-0.15, -0.1) is 0 Å². The number of hydrogen-bond acceptors (Lipinski definition) is 1. The van der Waals surface area contributed by atoms with Crippen molar-refractivity contribution in [1.29, 1.82) is 0 Å². The zero-order valence-electron chi connectivity index (χ0n) is 8.68. The van der Waals surface area contributed by atoms with Crippen molar-refractivity contribution in [1.82, 2.24) is 5.32 Å². The van der Waals surface area contributed by atoms with E-state index in [0.29, 0.717) is 5.92 Å². The maximum Gasteiger partial charge on any atom is 0.0481 e. The zero-order valence-corrected chi connectivity index (χ0v) is 10.3. The van der Waals surface area contributed by atoms with Crippen molar-refractivity contribution >= 4 is 15.9 Å². The molecule has 0 radical (unpaired) electrons. The smallest absolute Gasteiger partial charge is 0.0481 e. The molecule has 0 bridgehead atoms. The number of halogens is 1. The van der Waals surface area contributed by atoms with E-state index in [0.717, 1.165) is 6.54 Å². The molecule has 1 atom stereocenters. The van der Waals surface area contributed by atoms with E-state index < -0.39 is 0 Å². The molecular formula is C12H16BrN. The lowest BCUT2D eigenvalue weighted by atomic mass is 9.72. The fourth-order valence-electron chi connectivity index (χ4n) is 2.25. The molecule has 0 spiro atoms. The van der Waals surface area contributed by atoms with Gasteiger partial charge in [0.15, 0.2) is 0 Å². The van der Waals surface area contributed by atoms with Crippen LogP contribution in [0.2, 0.25) is 0 Å². The second-order valence-corrected chi connectivity index (χ2v) is 5.14. The maximum absolute atomic E-state index is 3.64. The first kappa shape index (κ1) is 10.2. The molecule has 1 heterocycles. The Morgan fingerprint density at radius 3 is 2.43 bits per heavy atom. The predicted molar refractivity (Wildman–Crippen MR) is 63.3 cm³/mol. The summed E-state index contributed by atoms with van der Waals surface area (Å²) in [6.45, 7) is 5.71. The molecule has 1 saturated heterocycles. The normalized spacial score (nSPS) is 26.3. The van der Waals surface area contributed by atoms with Crippen LogP contribution >= 0.6 is 15.9 Å². The zero-order chi connectivity index (χ0) is 10.2. The highest BCUT2D eigenvalue weighted by Gasteiger charge is 2.41. The second-order valence-electron chi connectivity index (χ2n) is 4.28. The highest BCUT2D eigenvalue weighted by atomic mass is 79.9. The van der Waals surface area contributed by atoms with Gasteiger partial charge in [-0.2, -0.15) is 0 Å². The molecule has 1 N–H and O–H groups in total. The van der Waals surface area contributed by atoms with E-state index in [1.54, 1.807) is 0 Å². The largest absolute Gasteiger partial charge is 0.307 e. The van der Waals surface area contributed by atoms with Gasteiger partial charge in [-0.1, -0.05) is 48.0 Å². The summed E-state index contributed by atoms with van der Waals surface area (Å²) in [6.07, 6.45) is 1.24. The van der Waals surface area contributed by atoms with Crippen molar-refractivity contribution in [2.45, 2.75) is 25.8 Å². The highest BCUT2D eigenvalue weighted by molar-refractivity contribution is 9.10. The summed E-state index contributed by atoms with van der Waals surface area (Å²) in [5.41, 5.74) is 1.61. The molecule has 2 heteroatoms. The molecule has 0 aliphatic carbocycles. The third-order valence-electron chi connectivity index (χ3n) is 3.30. The van der Waals surface area contributed by atoms with Gasteiger partial charge in [0.1, 0.15) is 0 Å². The molecule has 1 aromatic carbocycles. The van der Waals surface area contributed by atoms with E-state index in [1.165, 1.54) is 16.5 Å². The molecule has 76 valence electrons. The van der Waals surface area contributed by atoms with Crippen molar-refractivity contribution in [3.8, 4) is 0 Å². The highest BCUT2D eigenvalue weighted by Crippen LogP contribution is 2.41. The fourth-order valence-corrected chi connectivity index (χ4v) is 2.89. The lowest BCUT2D eigenvalue weighted by molar-refractivity contribution is 0.139. The summed E-state index contributed by atoms with van der Waals surface area (Å²) in [5.74, 6) is 0.634. The third kappa shape index (κ3) is 1.41. The van der Waals surface area contributed by atoms with Crippen molar-refractivity contribution in [3.05, 3.63) is 34.3 Å². The molecule has 1 aliphatic rings.